The fraction of sp³-hybridized carbons (Fsp3) is 0.167. The molecule has 0 unspecified atom stereocenters. The summed E-state index contributed by atoms with van der Waals surface area (Å²) < 4.78 is 43.5. The van der Waals surface area contributed by atoms with Crippen LogP contribution in [0.25, 0.3) is 11.3 Å². The molecule has 1 aromatic heterocycles. The number of aryl methyl sites for hydroxylation is 1. The summed E-state index contributed by atoms with van der Waals surface area (Å²) in [6, 6.07) is 11.2. The number of hydrogen-bond acceptors (Lipinski definition) is 6. The number of benzene rings is 2. The van der Waals surface area contributed by atoms with Gasteiger partial charge in [0.1, 0.15) is 11.5 Å². The standard InChI is InChI=1S/C18H18N2O5S/c1-12-19-11-18(25-12)13-4-6-17(7-5-13)26(21,22)20-14-8-15(23-2)10-16(9-14)24-3/h4-11,20H,1-3H3. The van der Waals surface area contributed by atoms with Crippen molar-refractivity contribution in [3.63, 3.8) is 0 Å². The zero-order valence-corrected chi connectivity index (χ0v) is 15.3. The van der Waals surface area contributed by atoms with Crippen LogP contribution in [0.2, 0.25) is 0 Å². The molecule has 26 heavy (non-hydrogen) atoms. The Morgan fingerprint density at radius 2 is 1.62 bits per heavy atom. The van der Waals surface area contributed by atoms with Gasteiger partial charge in [-0.3, -0.25) is 4.72 Å². The molecule has 8 heteroatoms. The summed E-state index contributed by atoms with van der Waals surface area (Å²) in [4.78, 5) is 4.16. The lowest BCUT2D eigenvalue weighted by atomic mass is 10.2. The Morgan fingerprint density at radius 3 is 2.12 bits per heavy atom. The SMILES string of the molecule is COc1cc(NS(=O)(=O)c2ccc(-c3cnc(C)o3)cc2)cc(OC)c1. The molecule has 0 amide bonds. The minimum Gasteiger partial charge on any atom is -0.497 e. The van der Waals surface area contributed by atoms with Gasteiger partial charge in [0.2, 0.25) is 0 Å². The van der Waals surface area contributed by atoms with E-state index in [-0.39, 0.29) is 4.90 Å². The molecule has 1 N–H and O–H groups in total. The van der Waals surface area contributed by atoms with Crippen LogP contribution >= 0.6 is 0 Å². The van der Waals surface area contributed by atoms with E-state index >= 15 is 0 Å². The fourth-order valence-electron chi connectivity index (χ4n) is 2.37. The third kappa shape index (κ3) is 3.80. The van der Waals surface area contributed by atoms with Crippen LogP contribution in [0.5, 0.6) is 11.5 Å². The number of nitrogens with zero attached hydrogens (tertiary/aromatic N) is 1. The average molecular weight is 374 g/mol. The molecular weight excluding hydrogens is 356 g/mol. The Balaban J connectivity index is 1.86. The predicted molar refractivity (Wildman–Crippen MR) is 97.0 cm³/mol. The summed E-state index contributed by atoms with van der Waals surface area (Å²) in [6.45, 7) is 1.74. The quantitative estimate of drug-likeness (QED) is 0.710. The normalized spacial score (nSPS) is 11.2. The zero-order chi connectivity index (χ0) is 18.7. The Morgan fingerprint density at radius 1 is 1.00 bits per heavy atom. The highest BCUT2D eigenvalue weighted by molar-refractivity contribution is 7.92. The van der Waals surface area contributed by atoms with Crippen LogP contribution in [0.3, 0.4) is 0 Å². The van der Waals surface area contributed by atoms with Crippen molar-refractivity contribution in [1.82, 2.24) is 4.98 Å². The van der Waals surface area contributed by atoms with Gasteiger partial charge >= 0.3 is 0 Å². The molecule has 3 rings (SSSR count). The number of nitrogens with one attached hydrogen (secondary N) is 1. The molecule has 1 heterocycles. The van der Waals surface area contributed by atoms with Crippen LogP contribution in [0, 0.1) is 6.92 Å². The van der Waals surface area contributed by atoms with Crippen molar-refractivity contribution >= 4 is 15.7 Å². The number of rotatable bonds is 6. The largest absolute Gasteiger partial charge is 0.497 e. The van der Waals surface area contributed by atoms with E-state index in [1.807, 2.05) is 0 Å². The Kier molecular flexibility index (Phi) is 4.85. The maximum atomic E-state index is 12.6. The molecule has 2 aromatic carbocycles. The molecule has 136 valence electrons. The van der Waals surface area contributed by atoms with Crippen molar-refractivity contribution in [2.24, 2.45) is 0 Å². The summed E-state index contributed by atoms with van der Waals surface area (Å²) in [7, 11) is -0.770. The Bertz CT molecular complexity index is 988. The monoisotopic (exact) mass is 374 g/mol. The van der Waals surface area contributed by atoms with Crippen molar-refractivity contribution in [2.45, 2.75) is 11.8 Å². The molecule has 0 radical (unpaired) electrons. The van der Waals surface area contributed by atoms with E-state index in [0.717, 1.165) is 5.56 Å². The molecular formula is C18H18N2O5S. The summed E-state index contributed by atoms with van der Waals surface area (Å²) in [5, 5.41) is 0. The van der Waals surface area contributed by atoms with Crippen molar-refractivity contribution in [3.05, 3.63) is 54.6 Å². The second-order valence-electron chi connectivity index (χ2n) is 5.47. The topological polar surface area (TPSA) is 90.7 Å². The minimum atomic E-state index is -3.76. The third-order valence-electron chi connectivity index (χ3n) is 3.67. The number of ether oxygens (including phenoxy) is 2. The van der Waals surface area contributed by atoms with Gasteiger partial charge < -0.3 is 13.9 Å². The van der Waals surface area contributed by atoms with E-state index in [0.29, 0.717) is 28.8 Å². The molecule has 0 saturated heterocycles. The summed E-state index contributed by atoms with van der Waals surface area (Å²) >= 11 is 0. The summed E-state index contributed by atoms with van der Waals surface area (Å²) in [5.74, 6) is 2.10. The van der Waals surface area contributed by atoms with Gasteiger partial charge in [-0.1, -0.05) is 0 Å². The average Bonchev–Trinajstić information content (AvgIpc) is 3.07. The second kappa shape index (κ2) is 7.09. The van der Waals surface area contributed by atoms with Gasteiger partial charge in [0.05, 0.1) is 31.0 Å². The maximum absolute atomic E-state index is 12.6. The molecule has 0 aliphatic heterocycles. The van der Waals surface area contributed by atoms with Crippen molar-refractivity contribution in [3.8, 4) is 22.8 Å². The van der Waals surface area contributed by atoms with Crippen LogP contribution in [0.1, 0.15) is 5.89 Å². The van der Waals surface area contributed by atoms with E-state index in [1.54, 1.807) is 43.5 Å². The molecule has 0 bridgehead atoms. The number of sulfonamides is 1. The van der Waals surface area contributed by atoms with Crippen LogP contribution in [-0.4, -0.2) is 27.6 Å². The number of methoxy groups -OCH3 is 2. The highest BCUT2D eigenvalue weighted by Crippen LogP contribution is 2.28. The molecule has 0 aliphatic carbocycles. The van der Waals surface area contributed by atoms with Gasteiger partial charge in [0.15, 0.2) is 11.7 Å². The molecule has 0 aliphatic rings. The first-order chi connectivity index (χ1) is 12.4. The molecule has 0 atom stereocenters. The molecule has 7 nitrogen and oxygen atoms in total. The van der Waals surface area contributed by atoms with E-state index in [2.05, 4.69) is 9.71 Å². The van der Waals surface area contributed by atoms with Crippen LogP contribution in [0.4, 0.5) is 5.69 Å². The minimum absolute atomic E-state index is 0.124. The fourth-order valence-corrected chi connectivity index (χ4v) is 3.41. The summed E-state index contributed by atoms with van der Waals surface area (Å²) in [5.41, 5.74) is 1.09. The molecule has 3 aromatic rings. The zero-order valence-electron chi connectivity index (χ0n) is 14.5. The van der Waals surface area contributed by atoms with Gasteiger partial charge in [-0.05, 0) is 24.3 Å². The lowest BCUT2D eigenvalue weighted by Crippen LogP contribution is -2.13. The van der Waals surface area contributed by atoms with Gasteiger partial charge in [0, 0.05) is 30.7 Å². The van der Waals surface area contributed by atoms with Crippen LogP contribution < -0.4 is 14.2 Å². The van der Waals surface area contributed by atoms with E-state index in [4.69, 9.17) is 13.9 Å². The van der Waals surface area contributed by atoms with Crippen molar-refractivity contribution in [2.75, 3.05) is 18.9 Å². The van der Waals surface area contributed by atoms with Crippen LogP contribution in [0.15, 0.2) is 58.0 Å². The van der Waals surface area contributed by atoms with Gasteiger partial charge in [-0.25, -0.2) is 13.4 Å². The first kappa shape index (κ1) is 17.8. The van der Waals surface area contributed by atoms with Crippen molar-refractivity contribution < 1.29 is 22.3 Å². The lowest BCUT2D eigenvalue weighted by molar-refractivity contribution is 0.395. The maximum Gasteiger partial charge on any atom is 0.261 e. The van der Waals surface area contributed by atoms with E-state index in [9.17, 15) is 8.42 Å². The smallest absolute Gasteiger partial charge is 0.261 e. The van der Waals surface area contributed by atoms with E-state index < -0.39 is 10.0 Å². The van der Waals surface area contributed by atoms with E-state index in [1.165, 1.54) is 26.4 Å². The number of anilines is 1. The molecule has 0 saturated carbocycles. The third-order valence-corrected chi connectivity index (χ3v) is 5.07. The Labute approximate surface area is 151 Å². The molecule has 0 fully saturated rings. The first-order valence-corrected chi connectivity index (χ1v) is 9.18. The number of hydrogen-bond donors (Lipinski definition) is 1. The Hall–Kier alpha value is -3.00. The highest BCUT2D eigenvalue weighted by Gasteiger charge is 2.16. The second-order valence-corrected chi connectivity index (χ2v) is 7.16. The first-order valence-electron chi connectivity index (χ1n) is 7.70. The van der Waals surface area contributed by atoms with Gasteiger partial charge in [0.25, 0.3) is 10.0 Å². The number of oxazole rings is 1. The predicted octanol–water partition coefficient (Wildman–Crippen LogP) is 3.47. The van der Waals surface area contributed by atoms with Crippen molar-refractivity contribution in [1.29, 1.82) is 0 Å². The highest BCUT2D eigenvalue weighted by atomic mass is 32.2. The van der Waals surface area contributed by atoms with Gasteiger partial charge in [-0.2, -0.15) is 0 Å². The number of aromatic nitrogens is 1. The van der Waals surface area contributed by atoms with Crippen LogP contribution in [-0.2, 0) is 10.0 Å². The molecule has 0 spiro atoms. The lowest BCUT2D eigenvalue weighted by Gasteiger charge is -2.11. The van der Waals surface area contributed by atoms with Gasteiger partial charge in [-0.15, -0.1) is 0 Å². The summed E-state index contributed by atoms with van der Waals surface area (Å²) in [6.07, 6.45) is 1.60.